The van der Waals surface area contributed by atoms with Crippen molar-refractivity contribution in [2.24, 2.45) is 0 Å². The molecule has 0 aliphatic heterocycles. The third-order valence-electron chi connectivity index (χ3n) is 4.17. The monoisotopic (exact) mass is 393 g/mol. The van der Waals surface area contributed by atoms with Gasteiger partial charge in [0.15, 0.2) is 0 Å². The van der Waals surface area contributed by atoms with Crippen LogP contribution in [0.25, 0.3) is 0 Å². The van der Waals surface area contributed by atoms with Crippen LogP contribution in [0.4, 0.5) is 5.69 Å². The molecule has 2 N–H and O–H groups in total. The van der Waals surface area contributed by atoms with Gasteiger partial charge in [0.2, 0.25) is 0 Å². The topological polar surface area (TPSA) is 99.8 Å². The zero-order valence-electron chi connectivity index (χ0n) is 15.5. The largest absolute Gasteiger partial charge is 0.345 e. The number of thiophene rings is 1. The fourth-order valence-corrected chi connectivity index (χ4v) is 3.70. The number of nitrogens with one attached hydrogen (secondary N) is 2. The number of anilines is 1. The minimum absolute atomic E-state index is 0.211. The van der Waals surface area contributed by atoms with Crippen molar-refractivity contribution in [2.75, 3.05) is 11.9 Å². The number of rotatable bonds is 5. The van der Waals surface area contributed by atoms with Crippen LogP contribution in [0.2, 0.25) is 0 Å². The number of nitriles is 1. The molecule has 2 heterocycles. The number of benzene rings is 1. The smallest absolute Gasteiger partial charge is 0.313 e. The quantitative estimate of drug-likeness (QED) is 0.651. The Morgan fingerprint density at radius 1 is 1.21 bits per heavy atom. The van der Waals surface area contributed by atoms with Gasteiger partial charge in [-0.25, -0.2) is 0 Å². The molecule has 7 nitrogen and oxygen atoms in total. The van der Waals surface area contributed by atoms with E-state index in [-0.39, 0.29) is 12.6 Å². The van der Waals surface area contributed by atoms with Gasteiger partial charge in [-0.2, -0.15) is 10.4 Å². The molecule has 8 heteroatoms. The highest BCUT2D eigenvalue weighted by atomic mass is 32.1. The van der Waals surface area contributed by atoms with Crippen LogP contribution in [0, 0.1) is 25.2 Å². The van der Waals surface area contributed by atoms with E-state index >= 15 is 0 Å². The summed E-state index contributed by atoms with van der Waals surface area (Å²) in [6.45, 7) is 4.08. The molecule has 1 unspecified atom stereocenters. The van der Waals surface area contributed by atoms with Crippen molar-refractivity contribution in [3.8, 4) is 6.07 Å². The molecule has 3 aromatic rings. The summed E-state index contributed by atoms with van der Waals surface area (Å²) in [6, 6.07) is 14.2. The van der Waals surface area contributed by atoms with Crippen molar-refractivity contribution in [1.29, 1.82) is 5.26 Å². The number of aromatic nitrogens is 2. The number of aryl methyl sites for hydroxylation is 2. The molecule has 0 bridgehead atoms. The van der Waals surface area contributed by atoms with Crippen molar-refractivity contribution in [1.82, 2.24) is 15.1 Å². The average Bonchev–Trinajstić information content (AvgIpc) is 3.32. The predicted molar refractivity (Wildman–Crippen MR) is 107 cm³/mol. The Bertz CT molecular complexity index is 1030. The van der Waals surface area contributed by atoms with Crippen LogP contribution >= 0.6 is 11.3 Å². The van der Waals surface area contributed by atoms with Gasteiger partial charge in [0, 0.05) is 17.1 Å². The lowest BCUT2D eigenvalue weighted by atomic mass is 10.2. The van der Waals surface area contributed by atoms with Crippen LogP contribution in [-0.2, 0) is 9.59 Å². The molecule has 2 amide bonds. The molecule has 0 fully saturated rings. The molecule has 2 aromatic heterocycles. The standard InChI is InChI=1S/C20H19N5O2S/c1-13-10-14(2)25(24-13)17(18-8-5-9-28-18)12-22-19(26)20(27)23-16-7-4-3-6-15(16)11-21/h3-10,17H,12H2,1-2H3,(H,22,26)(H,23,27). The van der Waals surface area contributed by atoms with Crippen molar-refractivity contribution < 1.29 is 9.59 Å². The molecule has 0 spiro atoms. The Balaban J connectivity index is 1.71. The Morgan fingerprint density at radius 2 is 2.00 bits per heavy atom. The van der Waals surface area contributed by atoms with E-state index in [4.69, 9.17) is 5.26 Å². The summed E-state index contributed by atoms with van der Waals surface area (Å²) < 4.78 is 1.85. The molecule has 0 aliphatic carbocycles. The van der Waals surface area contributed by atoms with Crippen molar-refractivity contribution in [2.45, 2.75) is 19.9 Å². The summed E-state index contributed by atoms with van der Waals surface area (Å²) in [6.07, 6.45) is 0. The Kier molecular flexibility index (Phi) is 5.87. The van der Waals surface area contributed by atoms with E-state index in [9.17, 15) is 9.59 Å². The Labute approximate surface area is 166 Å². The second-order valence-electron chi connectivity index (χ2n) is 6.22. The molecule has 1 aromatic carbocycles. The summed E-state index contributed by atoms with van der Waals surface area (Å²) in [4.78, 5) is 25.6. The van der Waals surface area contributed by atoms with Gasteiger partial charge in [-0.15, -0.1) is 11.3 Å². The summed E-state index contributed by atoms with van der Waals surface area (Å²) in [5, 5.41) is 20.7. The van der Waals surface area contributed by atoms with E-state index in [1.54, 1.807) is 35.6 Å². The number of nitrogens with zero attached hydrogens (tertiary/aromatic N) is 3. The predicted octanol–water partition coefficient (Wildman–Crippen LogP) is 2.78. The first-order valence-corrected chi connectivity index (χ1v) is 9.52. The van der Waals surface area contributed by atoms with Crippen LogP contribution in [0.3, 0.4) is 0 Å². The Morgan fingerprint density at radius 3 is 2.64 bits per heavy atom. The maximum absolute atomic E-state index is 12.3. The van der Waals surface area contributed by atoms with Crippen LogP contribution < -0.4 is 10.6 Å². The number of hydrogen-bond donors (Lipinski definition) is 2. The third kappa shape index (κ3) is 4.27. The van der Waals surface area contributed by atoms with E-state index in [1.807, 2.05) is 48.2 Å². The number of carbonyl (C=O) groups is 2. The molecule has 28 heavy (non-hydrogen) atoms. The zero-order chi connectivity index (χ0) is 20.1. The zero-order valence-corrected chi connectivity index (χ0v) is 16.3. The van der Waals surface area contributed by atoms with Gasteiger partial charge in [-0.3, -0.25) is 14.3 Å². The molecule has 3 rings (SSSR count). The number of para-hydroxylation sites is 1. The maximum atomic E-state index is 12.3. The minimum Gasteiger partial charge on any atom is -0.345 e. The SMILES string of the molecule is Cc1cc(C)n(C(CNC(=O)C(=O)Nc2ccccc2C#N)c2cccs2)n1. The third-order valence-corrected chi connectivity index (χ3v) is 5.14. The second kappa shape index (κ2) is 8.50. The first kappa shape index (κ1) is 19.3. The van der Waals surface area contributed by atoms with Gasteiger partial charge in [0.05, 0.1) is 16.9 Å². The molecule has 0 radical (unpaired) electrons. The van der Waals surface area contributed by atoms with Crippen molar-refractivity contribution >= 4 is 28.8 Å². The van der Waals surface area contributed by atoms with Crippen molar-refractivity contribution in [3.05, 3.63) is 69.7 Å². The van der Waals surface area contributed by atoms with Crippen LogP contribution in [0.15, 0.2) is 47.8 Å². The van der Waals surface area contributed by atoms with Crippen LogP contribution in [-0.4, -0.2) is 28.1 Å². The normalized spacial score (nSPS) is 11.5. The lowest BCUT2D eigenvalue weighted by Gasteiger charge is -2.18. The Hall–Kier alpha value is -3.44. The highest BCUT2D eigenvalue weighted by Gasteiger charge is 2.21. The van der Waals surface area contributed by atoms with E-state index in [0.717, 1.165) is 16.3 Å². The average molecular weight is 393 g/mol. The molecule has 0 saturated carbocycles. The van der Waals surface area contributed by atoms with Crippen LogP contribution in [0.5, 0.6) is 0 Å². The van der Waals surface area contributed by atoms with E-state index in [2.05, 4.69) is 15.7 Å². The van der Waals surface area contributed by atoms with E-state index in [0.29, 0.717) is 11.3 Å². The lowest BCUT2D eigenvalue weighted by Crippen LogP contribution is -2.39. The van der Waals surface area contributed by atoms with Crippen LogP contribution in [0.1, 0.15) is 27.9 Å². The summed E-state index contributed by atoms with van der Waals surface area (Å²) in [5.41, 5.74) is 2.45. The summed E-state index contributed by atoms with van der Waals surface area (Å²) in [7, 11) is 0. The summed E-state index contributed by atoms with van der Waals surface area (Å²) in [5.74, 6) is -1.59. The van der Waals surface area contributed by atoms with Gasteiger partial charge in [0.25, 0.3) is 0 Å². The van der Waals surface area contributed by atoms with Gasteiger partial charge in [0.1, 0.15) is 12.1 Å². The number of amides is 2. The van der Waals surface area contributed by atoms with E-state index < -0.39 is 11.8 Å². The minimum atomic E-state index is -0.819. The lowest BCUT2D eigenvalue weighted by molar-refractivity contribution is -0.136. The molecule has 142 valence electrons. The fraction of sp³-hybridized carbons (Fsp3) is 0.200. The van der Waals surface area contributed by atoms with Gasteiger partial charge < -0.3 is 10.6 Å². The second-order valence-corrected chi connectivity index (χ2v) is 7.20. The maximum Gasteiger partial charge on any atom is 0.313 e. The molecular weight excluding hydrogens is 374 g/mol. The van der Waals surface area contributed by atoms with Gasteiger partial charge in [-0.1, -0.05) is 18.2 Å². The van der Waals surface area contributed by atoms with Gasteiger partial charge >= 0.3 is 11.8 Å². The number of hydrogen-bond acceptors (Lipinski definition) is 5. The van der Waals surface area contributed by atoms with Crippen molar-refractivity contribution in [3.63, 3.8) is 0 Å². The van der Waals surface area contributed by atoms with Gasteiger partial charge in [-0.05, 0) is 43.5 Å². The number of carbonyl (C=O) groups excluding carboxylic acids is 2. The highest BCUT2D eigenvalue weighted by molar-refractivity contribution is 7.10. The summed E-state index contributed by atoms with van der Waals surface area (Å²) >= 11 is 1.56. The molecule has 0 saturated heterocycles. The fourth-order valence-electron chi connectivity index (χ4n) is 2.89. The first-order chi connectivity index (χ1) is 13.5. The molecule has 1 atom stereocenters. The van der Waals surface area contributed by atoms with E-state index in [1.165, 1.54) is 0 Å². The highest BCUT2D eigenvalue weighted by Crippen LogP contribution is 2.24. The molecule has 0 aliphatic rings. The molecular formula is C20H19N5O2S. The first-order valence-electron chi connectivity index (χ1n) is 8.64.